The van der Waals surface area contributed by atoms with Crippen LogP contribution in [0.1, 0.15) is 29.4 Å². The fraction of sp³-hybridized carbons (Fsp3) is 0.357. The maximum atomic E-state index is 11.9. The molecule has 2 aromatic rings. The number of esters is 1. The van der Waals surface area contributed by atoms with Gasteiger partial charge in [-0.15, -0.1) is 0 Å². The van der Waals surface area contributed by atoms with Crippen molar-refractivity contribution < 1.29 is 9.53 Å². The van der Waals surface area contributed by atoms with E-state index >= 15 is 0 Å². The molecular formula is C14H17NO2. The topological polar surface area (TPSA) is 31.2 Å². The number of fused-ring (bicyclic) bond motifs is 1. The Morgan fingerprint density at radius 1 is 1.35 bits per heavy atom. The van der Waals surface area contributed by atoms with Crippen LogP contribution in [0.2, 0.25) is 0 Å². The molecule has 0 aliphatic carbocycles. The Kier molecular flexibility index (Phi) is 3.18. The van der Waals surface area contributed by atoms with Gasteiger partial charge in [0.2, 0.25) is 0 Å². The van der Waals surface area contributed by atoms with Crippen molar-refractivity contribution in [3.05, 3.63) is 35.5 Å². The highest BCUT2D eigenvalue weighted by Crippen LogP contribution is 2.26. The van der Waals surface area contributed by atoms with Crippen LogP contribution in [0, 0.1) is 0 Å². The molecule has 0 unspecified atom stereocenters. The number of nitrogens with zero attached hydrogens (tertiary/aromatic N) is 1. The quantitative estimate of drug-likeness (QED) is 0.760. The summed E-state index contributed by atoms with van der Waals surface area (Å²) in [5.41, 5.74) is 2.85. The summed E-state index contributed by atoms with van der Waals surface area (Å²) < 4.78 is 6.98. The van der Waals surface area contributed by atoms with Crippen molar-refractivity contribution in [2.45, 2.75) is 19.8 Å². The smallest absolute Gasteiger partial charge is 0.340 e. The van der Waals surface area contributed by atoms with E-state index in [1.165, 1.54) is 7.11 Å². The number of aryl methyl sites for hydroxylation is 1. The molecule has 0 atom stereocenters. The number of rotatable bonds is 3. The summed E-state index contributed by atoms with van der Waals surface area (Å²) >= 11 is 0. The van der Waals surface area contributed by atoms with Gasteiger partial charge >= 0.3 is 5.97 Å². The van der Waals surface area contributed by atoms with Crippen molar-refractivity contribution in [1.82, 2.24) is 4.57 Å². The monoisotopic (exact) mass is 231 g/mol. The van der Waals surface area contributed by atoms with Crippen molar-refractivity contribution in [2.24, 2.45) is 7.05 Å². The van der Waals surface area contributed by atoms with E-state index in [-0.39, 0.29) is 5.97 Å². The lowest BCUT2D eigenvalue weighted by Gasteiger charge is -2.04. The highest BCUT2D eigenvalue weighted by molar-refractivity contribution is 6.05. The lowest BCUT2D eigenvalue weighted by atomic mass is 10.1. The largest absolute Gasteiger partial charge is 0.465 e. The van der Waals surface area contributed by atoms with Crippen molar-refractivity contribution in [1.29, 1.82) is 0 Å². The van der Waals surface area contributed by atoms with Crippen LogP contribution in [0.25, 0.3) is 10.9 Å². The SMILES string of the molecule is CCCc1c(C(=O)OC)c2ccccc2n1C. The van der Waals surface area contributed by atoms with Gasteiger partial charge in [-0.05, 0) is 12.5 Å². The second-order valence-electron chi connectivity index (χ2n) is 4.14. The Labute approximate surface area is 101 Å². The molecule has 0 N–H and O–H groups in total. The summed E-state index contributed by atoms with van der Waals surface area (Å²) in [6, 6.07) is 7.94. The fourth-order valence-electron chi connectivity index (χ4n) is 2.31. The summed E-state index contributed by atoms with van der Waals surface area (Å²) in [5, 5.41) is 0.977. The molecule has 3 heteroatoms. The molecule has 2 rings (SSSR count). The Morgan fingerprint density at radius 3 is 2.71 bits per heavy atom. The van der Waals surface area contributed by atoms with Crippen LogP contribution in [0.4, 0.5) is 0 Å². The Bertz CT molecular complexity index is 555. The number of ether oxygens (including phenoxy) is 1. The Morgan fingerprint density at radius 2 is 2.06 bits per heavy atom. The van der Waals surface area contributed by atoms with Gasteiger partial charge in [-0.3, -0.25) is 0 Å². The molecule has 0 aliphatic heterocycles. The third kappa shape index (κ3) is 1.82. The van der Waals surface area contributed by atoms with E-state index in [2.05, 4.69) is 11.5 Å². The van der Waals surface area contributed by atoms with Crippen LogP contribution in [-0.2, 0) is 18.2 Å². The minimum Gasteiger partial charge on any atom is -0.465 e. The highest BCUT2D eigenvalue weighted by Gasteiger charge is 2.20. The maximum absolute atomic E-state index is 11.9. The number of aromatic nitrogens is 1. The summed E-state index contributed by atoms with van der Waals surface area (Å²) in [5.74, 6) is -0.245. The number of benzene rings is 1. The van der Waals surface area contributed by atoms with Crippen LogP contribution >= 0.6 is 0 Å². The number of methoxy groups -OCH3 is 1. The first-order valence-electron chi connectivity index (χ1n) is 5.85. The van der Waals surface area contributed by atoms with Gasteiger partial charge in [0.15, 0.2) is 0 Å². The van der Waals surface area contributed by atoms with E-state index in [1.807, 2.05) is 31.3 Å². The Balaban J connectivity index is 2.76. The highest BCUT2D eigenvalue weighted by atomic mass is 16.5. The Hall–Kier alpha value is -1.77. The fourth-order valence-corrected chi connectivity index (χ4v) is 2.31. The zero-order valence-electron chi connectivity index (χ0n) is 10.5. The molecule has 0 bridgehead atoms. The molecule has 0 saturated heterocycles. The zero-order valence-corrected chi connectivity index (χ0v) is 10.5. The van der Waals surface area contributed by atoms with Crippen molar-refractivity contribution in [3.63, 3.8) is 0 Å². The van der Waals surface area contributed by atoms with Crippen molar-refractivity contribution in [2.75, 3.05) is 7.11 Å². The van der Waals surface area contributed by atoms with E-state index in [9.17, 15) is 4.79 Å². The van der Waals surface area contributed by atoms with E-state index in [0.717, 1.165) is 29.4 Å². The van der Waals surface area contributed by atoms with Crippen LogP contribution in [0.15, 0.2) is 24.3 Å². The molecule has 1 aromatic heterocycles. The van der Waals surface area contributed by atoms with Gasteiger partial charge in [-0.2, -0.15) is 0 Å². The normalized spacial score (nSPS) is 10.8. The molecule has 0 aliphatic rings. The summed E-state index contributed by atoms with van der Waals surface area (Å²) in [6.45, 7) is 2.11. The van der Waals surface area contributed by atoms with E-state index in [4.69, 9.17) is 4.74 Å². The van der Waals surface area contributed by atoms with E-state index in [1.54, 1.807) is 0 Å². The molecule has 0 saturated carbocycles. The van der Waals surface area contributed by atoms with Gasteiger partial charge in [0.25, 0.3) is 0 Å². The number of para-hydroxylation sites is 1. The number of carbonyl (C=O) groups is 1. The third-order valence-electron chi connectivity index (χ3n) is 3.10. The van der Waals surface area contributed by atoms with Crippen LogP contribution in [0.5, 0.6) is 0 Å². The minimum atomic E-state index is -0.245. The number of carbonyl (C=O) groups excluding carboxylic acids is 1. The van der Waals surface area contributed by atoms with Gasteiger partial charge in [-0.25, -0.2) is 4.79 Å². The average Bonchev–Trinajstić information content (AvgIpc) is 2.63. The summed E-state index contributed by atoms with van der Waals surface area (Å²) in [4.78, 5) is 11.9. The number of hydrogen-bond acceptors (Lipinski definition) is 2. The van der Waals surface area contributed by atoms with E-state index < -0.39 is 0 Å². The van der Waals surface area contributed by atoms with E-state index in [0.29, 0.717) is 5.56 Å². The molecule has 0 fully saturated rings. The van der Waals surface area contributed by atoms with Crippen molar-refractivity contribution >= 4 is 16.9 Å². The average molecular weight is 231 g/mol. The molecule has 0 radical (unpaired) electrons. The zero-order chi connectivity index (χ0) is 12.4. The lowest BCUT2D eigenvalue weighted by molar-refractivity contribution is 0.0601. The maximum Gasteiger partial charge on any atom is 0.340 e. The predicted molar refractivity (Wildman–Crippen MR) is 68.3 cm³/mol. The molecule has 3 nitrogen and oxygen atoms in total. The van der Waals surface area contributed by atoms with Gasteiger partial charge in [-0.1, -0.05) is 31.5 Å². The number of hydrogen-bond donors (Lipinski definition) is 0. The standard InChI is InChI=1S/C14H17NO2/c1-4-7-12-13(14(16)17-3)10-8-5-6-9-11(10)15(12)2/h5-6,8-9H,4,7H2,1-3H3. The van der Waals surface area contributed by atoms with Crippen molar-refractivity contribution in [3.8, 4) is 0 Å². The van der Waals surface area contributed by atoms with Crippen LogP contribution in [0.3, 0.4) is 0 Å². The lowest BCUT2D eigenvalue weighted by Crippen LogP contribution is -2.06. The van der Waals surface area contributed by atoms with Gasteiger partial charge < -0.3 is 9.30 Å². The molecule has 0 amide bonds. The molecule has 0 spiro atoms. The third-order valence-corrected chi connectivity index (χ3v) is 3.10. The first-order chi connectivity index (χ1) is 8.20. The predicted octanol–water partition coefficient (Wildman–Crippen LogP) is 2.92. The second-order valence-corrected chi connectivity index (χ2v) is 4.14. The first-order valence-corrected chi connectivity index (χ1v) is 5.85. The minimum absolute atomic E-state index is 0.245. The van der Waals surface area contributed by atoms with Gasteiger partial charge in [0.05, 0.1) is 12.7 Å². The van der Waals surface area contributed by atoms with Gasteiger partial charge in [0.1, 0.15) is 0 Å². The van der Waals surface area contributed by atoms with Gasteiger partial charge in [0, 0.05) is 23.6 Å². The first kappa shape index (κ1) is 11.7. The summed E-state index contributed by atoms with van der Waals surface area (Å²) in [6.07, 6.45) is 1.89. The molecule has 90 valence electrons. The summed E-state index contributed by atoms with van der Waals surface area (Å²) in [7, 11) is 3.43. The van der Waals surface area contributed by atoms with Crippen LogP contribution in [-0.4, -0.2) is 17.6 Å². The second kappa shape index (κ2) is 4.62. The molecule has 17 heavy (non-hydrogen) atoms. The molecule has 1 heterocycles. The molecular weight excluding hydrogens is 214 g/mol. The molecule has 1 aromatic carbocycles. The van der Waals surface area contributed by atoms with Crippen LogP contribution < -0.4 is 0 Å².